The first kappa shape index (κ1) is 12.0. The van der Waals surface area contributed by atoms with E-state index >= 15 is 0 Å². The van der Waals surface area contributed by atoms with Crippen LogP contribution in [0.1, 0.15) is 20.8 Å². The molecular weight excluding hydrogens is 174 g/mol. The van der Waals surface area contributed by atoms with Gasteiger partial charge in [0.05, 0.1) is 0 Å². The van der Waals surface area contributed by atoms with Crippen LogP contribution < -0.4 is 10.6 Å². The van der Waals surface area contributed by atoms with Gasteiger partial charge in [-0.1, -0.05) is 13.8 Å². The van der Waals surface area contributed by atoms with Crippen LogP contribution >= 0.6 is 0 Å². The number of hydrogen-bond acceptors (Lipinski definition) is 3. The van der Waals surface area contributed by atoms with E-state index in [0.29, 0.717) is 12.1 Å². The van der Waals surface area contributed by atoms with Gasteiger partial charge < -0.3 is 10.6 Å². The van der Waals surface area contributed by atoms with Crippen molar-refractivity contribution in [2.45, 2.75) is 32.9 Å². The van der Waals surface area contributed by atoms with Crippen LogP contribution in [-0.4, -0.2) is 50.2 Å². The van der Waals surface area contributed by atoms with E-state index in [0.717, 1.165) is 19.0 Å². The van der Waals surface area contributed by atoms with E-state index in [1.54, 1.807) is 0 Å². The Hall–Kier alpha value is -0.120. The Morgan fingerprint density at radius 3 is 2.71 bits per heavy atom. The van der Waals surface area contributed by atoms with Gasteiger partial charge in [0, 0.05) is 38.3 Å². The van der Waals surface area contributed by atoms with Gasteiger partial charge in [-0.15, -0.1) is 0 Å². The van der Waals surface area contributed by atoms with Gasteiger partial charge >= 0.3 is 0 Å². The average Bonchev–Trinajstić information content (AvgIpc) is 2.18. The SMILES string of the molecule is CNC(C)CN1CCNCC1C(C)C. The second kappa shape index (κ2) is 5.69. The highest BCUT2D eigenvalue weighted by Crippen LogP contribution is 2.12. The molecule has 0 bridgehead atoms. The highest BCUT2D eigenvalue weighted by Gasteiger charge is 2.25. The molecule has 1 rings (SSSR count). The monoisotopic (exact) mass is 199 g/mol. The van der Waals surface area contributed by atoms with Crippen molar-refractivity contribution >= 4 is 0 Å². The Labute approximate surface area is 88.2 Å². The minimum absolute atomic E-state index is 0.592. The summed E-state index contributed by atoms with van der Waals surface area (Å²) in [6, 6.07) is 1.30. The van der Waals surface area contributed by atoms with Crippen LogP contribution in [0.5, 0.6) is 0 Å². The Morgan fingerprint density at radius 2 is 2.14 bits per heavy atom. The molecule has 3 heteroatoms. The second-order valence-electron chi connectivity index (χ2n) is 4.70. The summed E-state index contributed by atoms with van der Waals surface area (Å²) in [5.41, 5.74) is 0. The lowest BCUT2D eigenvalue weighted by molar-refractivity contribution is 0.115. The molecule has 1 saturated heterocycles. The average molecular weight is 199 g/mol. The first-order chi connectivity index (χ1) is 6.65. The first-order valence-electron chi connectivity index (χ1n) is 5.77. The van der Waals surface area contributed by atoms with Gasteiger partial charge in [-0.2, -0.15) is 0 Å². The summed E-state index contributed by atoms with van der Waals surface area (Å²) in [7, 11) is 2.04. The van der Waals surface area contributed by atoms with E-state index in [9.17, 15) is 0 Å². The lowest BCUT2D eigenvalue weighted by Crippen LogP contribution is -2.56. The molecule has 0 aromatic rings. The fourth-order valence-electron chi connectivity index (χ4n) is 2.09. The topological polar surface area (TPSA) is 27.3 Å². The minimum atomic E-state index is 0.592. The van der Waals surface area contributed by atoms with Crippen molar-refractivity contribution < 1.29 is 0 Å². The summed E-state index contributed by atoms with van der Waals surface area (Å²) < 4.78 is 0. The van der Waals surface area contributed by atoms with Crippen molar-refractivity contribution in [2.24, 2.45) is 5.92 Å². The van der Waals surface area contributed by atoms with E-state index < -0.39 is 0 Å². The van der Waals surface area contributed by atoms with Gasteiger partial charge in [0.25, 0.3) is 0 Å². The van der Waals surface area contributed by atoms with Crippen LogP contribution in [0, 0.1) is 5.92 Å². The molecule has 1 aliphatic rings. The quantitative estimate of drug-likeness (QED) is 0.691. The lowest BCUT2D eigenvalue weighted by atomic mass is 10.00. The van der Waals surface area contributed by atoms with Crippen LogP contribution in [0.2, 0.25) is 0 Å². The van der Waals surface area contributed by atoms with Gasteiger partial charge in [0.15, 0.2) is 0 Å². The Bertz CT molecular complexity index is 159. The third-order valence-electron chi connectivity index (χ3n) is 3.17. The van der Waals surface area contributed by atoms with Gasteiger partial charge in [0.2, 0.25) is 0 Å². The number of rotatable bonds is 4. The molecule has 0 aromatic heterocycles. The fourth-order valence-corrected chi connectivity index (χ4v) is 2.09. The van der Waals surface area contributed by atoms with Crippen LogP contribution in [-0.2, 0) is 0 Å². The van der Waals surface area contributed by atoms with Crippen molar-refractivity contribution in [3.8, 4) is 0 Å². The second-order valence-corrected chi connectivity index (χ2v) is 4.70. The maximum atomic E-state index is 3.48. The van der Waals surface area contributed by atoms with Crippen molar-refractivity contribution in [3.05, 3.63) is 0 Å². The Balaban J connectivity index is 2.45. The molecular formula is C11H25N3. The van der Waals surface area contributed by atoms with E-state index in [2.05, 4.69) is 36.3 Å². The van der Waals surface area contributed by atoms with E-state index in [1.807, 2.05) is 7.05 Å². The van der Waals surface area contributed by atoms with Gasteiger partial charge in [-0.3, -0.25) is 4.90 Å². The first-order valence-corrected chi connectivity index (χ1v) is 5.77. The molecule has 1 heterocycles. The third kappa shape index (κ3) is 3.23. The molecule has 3 nitrogen and oxygen atoms in total. The van der Waals surface area contributed by atoms with Crippen molar-refractivity contribution in [1.82, 2.24) is 15.5 Å². The van der Waals surface area contributed by atoms with Gasteiger partial charge in [-0.25, -0.2) is 0 Å². The largest absolute Gasteiger partial charge is 0.316 e. The molecule has 0 aromatic carbocycles. The normalized spacial score (nSPS) is 26.8. The standard InChI is InChI=1S/C11H25N3/c1-9(2)11-7-13-5-6-14(11)8-10(3)12-4/h9-13H,5-8H2,1-4H3. The highest BCUT2D eigenvalue weighted by atomic mass is 15.2. The predicted octanol–water partition coefficient (Wildman–Crippen LogP) is 0.524. The molecule has 0 spiro atoms. The molecule has 0 aliphatic carbocycles. The zero-order valence-electron chi connectivity index (χ0n) is 10.0. The Morgan fingerprint density at radius 1 is 1.43 bits per heavy atom. The van der Waals surface area contributed by atoms with E-state index in [-0.39, 0.29) is 0 Å². The molecule has 0 radical (unpaired) electrons. The zero-order valence-corrected chi connectivity index (χ0v) is 10.0. The summed E-state index contributed by atoms with van der Waals surface area (Å²) >= 11 is 0. The highest BCUT2D eigenvalue weighted by molar-refractivity contribution is 4.83. The summed E-state index contributed by atoms with van der Waals surface area (Å²) in [6.07, 6.45) is 0. The van der Waals surface area contributed by atoms with Crippen LogP contribution in [0.4, 0.5) is 0 Å². The summed E-state index contributed by atoms with van der Waals surface area (Å²) in [5.74, 6) is 0.742. The zero-order chi connectivity index (χ0) is 10.6. The summed E-state index contributed by atoms with van der Waals surface area (Å²) in [6.45, 7) is 11.5. The number of piperazine rings is 1. The van der Waals surface area contributed by atoms with Crippen molar-refractivity contribution in [3.63, 3.8) is 0 Å². The number of likely N-dealkylation sites (N-methyl/N-ethyl adjacent to an activating group) is 1. The van der Waals surface area contributed by atoms with Crippen molar-refractivity contribution in [2.75, 3.05) is 33.2 Å². The van der Waals surface area contributed by atoms with E-state index in [4.69, 9.17) is 0 Å². The van der Waals surface area contributed by atoms with Gasteiger partial charge in [-0.05, 0) is 19.9 Å². The van der Waals surface area contributed by atoms with E-state index in [1.165, 1.54) is 13.1 Å². The third-order valence-corrected chi connectivity index (χ3v) is 3.17. The molecule has 2 N–H and O–H groups in total. The minimum Gasteiger partial charge on any atom is -0.316 e. The molecule has 84 valence electrons. The molecule has 1 aliphatic heterocycles. The maximum Gasteiger partial charge on any atom is 0.0244 e. The lowest BCUT2D eigenvalue weighted by Gasteiger charge is -2.39. The molecule has 0 saturated carbocycles. The number of hydrogen-bond donors (Lipinski definition) is 2. The van der Waals surface area contributed by atoms with Crippen LogP contribution in [0.25, 0.3) is 0 Å². The van der Waals surface area contributed by atoms with Crippen LogP contribution in [0.15, 0.2) is 0 Å². The smallest absolute Gasteiger partial charge is 0.0244 e. The number of nitrogens with zero attached hydrogens (tertiary/aromatic N) is 1. The summed E-state index contributed by atoms with van der Waals surface area (Å²) in [4.78, 5) is 2.61. The Kier molecular flexibility index (Phi) is 4.85. The molecule has 2 unspecified atom stereocenters. The number of nitrogens with one attached hydrogen (secondary N) is 2. The van der Waals surface area contributed by atoms with Crippen LogP contribution in [0.3, 0.4) is 0 Å². The van der Waals surface area contributed by atoms with Gasteiger partial charge in [0.1, 0.15) is 0 Å². The predicted molar refractivity (Wildman–Crippen MR) is 61.6 cm³/mol. The van der Waals surface area contributed by atoms with Crippen molar-refractivity contribution in [1.29, 1.82) is 0 Å². The maximum absolute atomic E-state index is 3.48. The summed E-state index contributed by atoms with van der Waals surface area (Å²) in [5, 5.41) is 6.78. The molecule has 2 atom stereocenters. The molecule has 1 fully saturated rings. The molecule has 14 heavy (non-hydrogen) atoms. The molecule has 0 amide bonds. The fraction of sp³-hybridized carbons (Fsp3) is 1.00.